The fraction of sp³-hybridized carbons (Fsp3) is 0.316. The number of β-lactam (4-membered cyclic amide) rings is 1. The van der Waals surface area contributed by atoms with Crippen LogP contribution in [0.15, 0.2) is 41.3 Å². The van der Waals surface area contributed by atoms with Crippen LogP contribution in [0.2, 0.25) is 0 Å². The molecule has 0 radical (unpaired) electrons. The average molecular weight is 394 g/mol. The molecule has 1 aliphatic heterocycles. The van der Waals surface area contributed by atoms with Gasteiger partial charge in [-0.1, -0.05) is 12.1 Å². The quantitative estimate of drug-likeness (QED) is 0.419. The van der Waals surface area contributed by atoms with E-state index in [9.17, 15) is 4.79 Å². The molecule has 5 nitrogen and oxygen atoms in total. The third-order valence-electron chi connectivity index (χ3n) is 4.41. The van der Waals surface area contributed by atoms with Crippen molar-refractivity contribution >= 4 is 35.0 Å². The standard InChI is InChI=1S/C19H20ClNO4S/c1-23-14-9-12(10-15(24-2)18(14)25-3)21-17(16(20)19(21)22)11-5-7-13(26-4)8-6-11/h5-10,16-17H,1-4H3. The van der Waals surface area contributed by atoms with E-state index in [1.54, 1.807) is 50.1 Å². The predicted molar refractivity (Wildman–Crippen MR) is 104 cm³/mol. The Morgan fingerprint density at radius 2 is 1.58 bits per heavy atom. The smallest absolute Gasteiger partial charge is 0.248 e. The second-order valence-corrected chi connectivity index (χ2v) is 7.06. The van der Waals surface area contributed by atoms with E-state index in [1.165, 1.54) is 0 Å². The number of hydrogen-bond donors (Lipinski definition) is 0. The zero-order chi connectivity index (χ0) is 18.8. The Morgan fingerprint density at radius 3 is 2.04 bits per heavy atom. The van der Waals surface area contributed by atoms with Gasteiger partial charge in [-0.2, -0.15) is 0 Å². The number of rotatable bonds is 6. The second kappa shape index (κ2) is 7.68. The highest BCUT2D eigenvalue weighted by molar-refractivity contribution is 7.98. The summed E-state index contributed by atoms with van der Waals surface area (Å²) in [6, 6.07) is 11.3. The summed E-state index contributed by atoms with van der Waals surface area (Å²) in [4.78, 5) is 15.3. The molecule has 1 amide bonds. The summed E-state index contributed by atoms with van der Waals surface area (Å²) < 4.78 is 16.1. The summed E-state index contributed by atoms with van der Waals surface area (Å²) in [6.07, 6.45) is 2.02. The first-order valence-electron chi connectivity index (χ1n) is 7.96. The van der Waals surface area contributed by atoms with Crippen LogP contribution in [0.5, 0.6) is 17.2 Å². The summed E-state index contributed by atoms with van der Waals surface area (Å²) in [5, 5.41) is -0.603. The monoisotopic (exact) mass is 393 g/mol. The van der Waals surface area contributed by atoms with Gasteiger partial charge in [-0.3, -0.25) is 4.79 Å². The number of thioether (sulfide) groups is 1. The molecule has 2 aromatic carbocycles. The molecule has 1 saturated heterocycles. The molecule has 1 heterocycles. The molecule has 0 saturated carbocycles. The van der Waals surface area contributed by atoms with Crippen molar-refractivity contribution in [3.63, 3.8) is 0 Å². The van der Waals surface area contributed by atoms with Crippen molar-refractivity contribution in [3.05, 3.63) is 42.0 Å². The van der Waals surface area contributed by atoms with Crippen LogP contribution >= 0.6 is 23.4 Å². The van der Waals surface area contributed by atoms with Gasteiger partial charge in [0.2, 0.25) is 11.7 Å². The minimum absolute atomic E-state index is 0.153. The van der Waals surface area contributed by atoms with Gasteiger partial charge in [0, 0.05) is 17.0 Å². The van der Waals surface area contributed by atoms with E-state index < -0.39 is 5.38 Å². The van der Waals surface area contributed by atoms with Crippen molar-refractivity contribution in [1.29, 1.82) is 0 Å². The first kappa shape index (κ1) is 18.7. The third-order valence-corrected chi connectivity index (χ3v) is 5.58. The highest BCUT2D eigenvalue weighted by atomic mass is 35.5. The summed E-state index contributed by atoms with van der Waals surface area (Å²) in [5.41, 5.74) is 1.64. The Kier molecular flexibility index (Phi) is 5.53. The minimum atomic E-state index is -0.603. The number of anilines is 1. The molecule has 1 aliphatic rings. The van der Waals surface area contributed by atoms with Gasteiger partial charge in [0.15, 0.2) is 11.5 Å². The van der Waals surface area contributed by atoms with Crippen LogP contribution in [0.3, 0.4) is 0 Å². The zero-order valence-corrected chi connectivity index (χ0v) is 16.6. The molecular formula is C19H20ClNO4S. The number of hydrogen-bond acceptors (Lipinski definition) is 5. The van der Waals surface area contributed by atoms with Crippen LogP contribution < -0.4 is 19.1 Å². The Balaban J connectivity index is 2.02. The van der Waals surface area contributed by atoms with E-state index in [2.05, 4.69) is 0 Å². The topological polar surface area (TPSA) is 48.0 Å². The maximum absolute atomic E-state index is 12.5. The Bertz CT molecular complexity index is 787. The molecule has 1 fully saturated rings. The highest BCUT2D eigenvalue weighted by Crippen LogP contribution is 2.47. The lowest BCUT2D eigenvalue weighted by Gasteiger charge is -2.44. The average Bonchev–Trinajstić information content (AvgIpc) is 2.70. The largest absolute Gasteiger partial charge is 0.493 e. The number of alkyl halides is 1. The van der Waals surface area contributed by atoms with Gasteiger partial charge >= 0.3 is 0 Å². The Morgan fingerprint density at radius 1 is 1.00 bits per heavy atom. The van der Waals surface area contributed by atoms with Gasteiger partial charge in [-0.25, -0.2) is 0 Å². The van der Waals surface area contributed by atoms with Crippen molar-refractivity contribution in [2.24, 2.45) is 0 Å². The van der Waals surface area contributed by atoms with Gasteiger partial charge in [0.1, 0.15) is 5.38 Å². The lowest BCUT2D eigenvalue weighted by molar-refractivity contribution is -0.123. The molecule has 0 bridgehead atoms. The maximum Gasteiger partial charge on any atom is 0.248 e. The number of nitrogens with zero attached hydrogens (tertiary/aromatic N) is 1. The molecule has 2 aromatic rings. The van der Waals surface area contributed by atoms with Gasteiger partial charge in [0.25, 0.3) is 0 Å². The number of carbonyl (C=O) groups excluding carboxylic acids is 1. The van der Waals surface area contributed by atoms with Crippen molar-refractivity contribution in [2.75, 3.05) is 32.5 Å². The van der Waals surface area contributed by atoms with Gasteiger partial charge in [-0.05, 0) is 24.0 Å². The summed E-state index contributed by atoms with van der Waals surface area (Å²) in [6.45, 7) is 0. The number of benzene rings is 2. The predicted octanol–water partition coefficient (Wildman–Crippen LogP) is 4.13. The van der Waals surface area contributed by atoms with Gasteiger partial charge in [-0.15, -0.1) is 23.4 Å². The first-order valence-corrected chi connectivity index (χ1v) is 9.63. The second-order valence-electron chi connectivity index (χ2n) is 5.71. The highest BCUT2D eigenvalue weighted by Gasteiger charge is 2.48. The van der Waals surface area contributed by atoms with Crippen molar-refractivity contribution in [2.45, 2.75) is 16.3 Å². The Labute approximate surface area is 162 Å². The number of ether oxygens (including phenoxy) is 3. The Hall–Kier alpha value is -2.05. The van der Waals surface area contributed by atoms with E-state index in [0.29, 0.717) is 22.9 Å². The molecule has 2 atom stereocenters. The van der Waals surface area contributed by atoms with Gasteiger partial charge in [0.05, 0.1) is 33.1 Å². The number of methoxy groups -OCH3 is 3. The summed E-state index contributed by atoms with van der Waals surface area (Å²) >= 11 is 8.01. The van der Waals surface area contributed by atoms with Crippen LogP contribution in [0.25, 0.3) is 0 Å². The van der Waals surface area contributed by atoms with E-state index in [4.69, 9.17) is 25.8 Å². The van der Waals surface area contributed by atoms with E-state index in [0.717, 1.165) is 10.5 Å². The lowest BCUT2D eigenvalue weighted by Crippen LogP contribution is -2.56. The number of amides is 1. The van der Waals surface area contributed by atoms with Crippen LogP contribution in [-0.4, -0.2) is 38.9 Å². The summed E-state index contributed by atoms with van der Waals surface area (Å²) in [5.74, 6) is 1.31. The summed E-state index contributed by atoms with van der Waals surface area (Å²) in [7, 11) is 4.63. The first-order chi connectivity index (χ1) is 12.5. The molecule has 0 aromatic heterocycles. The van der Waals surface area contributed by atoms with Crippen LogP contribution in [-0.2, 0) is 4.79 Å². The molecule has 0 aliphatic carbocycles. The SMILES string of the molecule is COc1cc(N2C(=O)C(Cl)C2c2ccc(SC)cc2)cc(OC)c1OC. The molecule has 0 spiro atoms. The maximum atomic E-state index is 12.5. The minimum Gasteiger partial charge on any atom is -0.493 e. The molecule has 7 heteroatoms. The third kappa shape index (κ3) is 3.08. The van der Waals surface area contributed by atoms with Crippen LogP contribution in [0.1, 0.15) is 11.6 Å². The number of carbonyl (C=O) groups is 1. The van der Waals surface area contributed by atoms with E-state index in [-0.39, 0.29) is 11.9 Å². The molecular weight excluding hydrogens is 374 g/mol. The van der Waals surface area contributed by atoms with Crippen LogP contribution in [0, 0.1) is 0 Å². The van der Waals surface area contributed by atoms with Crippen molar-refractivity contribution in [3.8, 4) is 17.2 Å². The molecule has 2 unspecified atom stereocenters. The molecule has 3 rings (SSSR count). The van der Waals surface area contributed by atoms with E-state index >= 15 is 0 Å². The molecule has 26 heavy (non-hydrogen) atoms. The normalized spacial score (nSPS) is 19.1. The van der Waals surface area contributed by atoms with E-state index in [1.807, 2.05) is 30.5 Å². The number of halogens is 1. The molecule has 138 valence electrons. The van der Waals surface area contributed by atoms with Crippen molar-refractivity contribution in [1.82, 2.24) is 0 Å². The lowest BCUT2D eigenvalue weighted by atomic mass is 9.92. The fourth-order valence-electron chi connectivity index (χ4n) is 3.07. The molecule has 0 N–H and O–H groups in total. The van der Waals surface area contributed by atoms with Crippen molar-refractivity contribution < 1.29 is 19.0 Å². The van der Waals surface area contributed by atoms with Crippen LogP contribution in [0.4, 0.5) is 5.69 Å². The van der Waals surface area contributed by atoms with Gasteiger partial charge < -0.3 is 19.1 Å². The fourth-order valence-corrected chi connectivity index (χ4v) is 3.84. The zero-order valence-electron chi connectivity index (χ0n) is 15.0.